The van der Waals surface area contributed by atoms with Crippen LogP contribution in [0, 0.1) is 0 Å². The van der Waals surface area contributed by atoms with Crippen molar-refractivity contribution in [3.63, 3.8) is 0 Å². The van der Waals surface area contributed by atoms with Gasteiger partial charge >= 0.3 is 0 Å². The summed E-state index contributed by atoms with van der Waals surface area (Å²) < 4.78 is 11.7. The molecule has 0 saturated heterocycles. The minimum atomic E-state index is -0.0922. The van der Waals surface area contributed by atoms with E-state index in [1.165, 1.54) is 0 Å². The number of para-hydroxylation sites is 3. The van der Waals surface area contributed by atoms with Crippen molar-refractivity contribution >= 4 is 23.0 Å². The van der Waals surface area contributed by atoms with E-state index in [4.69, 9.17) is 21.7 Å². The number of hydrogen-bond donors (Lipinski definition) is 2. The first-order valence-corrected chi connectivity index (χ1v) is 7.64. The van der Waals surface area contributed by atoms with E-state index in [1.807, 2.05) is 61.5 Å². The van der Waals surface area contributed by atoms with Gasteiger partial charge in [0, 0.05) is 5.69 Å². The molecule has 2 N–H and O–H groups in total. The molecule has 0 saturated carbocycles. The van der Waals surface area contributed by atoms with Gasteiger partial charge in [0.1, 0.15) is 6.61 Å². The third-order valence-electron chi connectivity index (χ3n) is 3.48. The van der Waals surface area contributed by atoms with E-state index in [-0.39, 0.29) is 12.1 Å². The van der Waals surface area contributed by atoms with Crippen molar-refractivity contribution in [3.05, 3.63) is 54.6 Å². The number of nitrogens with one attached hydrogen (secondary N) is 2. The van der Waals surface area contributed by atoms with Crippen LogP contribution >= 0.6 is 12.2 Å². The maximum Gasteiger partial charge on any atom is 0.171 e. The van der Waals surface area contributed by atoms with Crippen molar-refractivity contribution in [1.29, 1.82) is 0 Å². The molecule has 0 aromatic heterocycles. The fourth-order valence-electron chi connectivity index (χ4n) is 2.27. The van der Waals surface area contributed by atoms with E-state index in [9.17, 15) is 0 Å². The summed E-state index contributed by atoms with van der Waals surface area (Å²) in [5.74, 6) is 1.56. The third-order valence-corrected chi connectivity index (χ3v) is 3.70. The Morgan fingerprint density at radius 2 is 1.77 bits per heavy atom. The molecule has 0 radical (unpaired) electrons. The first-order valence-electron chi connectivity index (χ1n) is 7.23. The van der Waals surface area contributed by atoms with Crippen molar-refractivity contribution in [3.8, 4) is 11.5 Å². The highest BCUT2D eigenvalue weighted by atomic mass is 32.1. The van der Waals surface area contributed by atoms with Gasteiger partial charge in [-0.2, -0.15) is 0 Å². The van der Waals surface area contributed by atoms with Gasteiger partial charge in [-0.3, -0.25) is 0 Å². The SMILES string of the molecule is C[C@H](NC(=S)Nc1ccccc1)[C@@H]1COc2ccccc2O1. The Balaban J connectivity index is 1.56. The summed E-state index contributed by atoms with van der Waals surface area (Å²) in [4.78, 5) is 0. The largest absolute Gasteiger partial charge is 0.486 e. The predicted molar refractivity (Wildman–Crippen MR) is 91.6 cm³/mol. The van der Waals surface area contributed by atoms with Crippen LogP contribution in [0.5, 0.6) is 11.5 Å². The van der Waals surface area contributed by atoms with Gasteiger partial charge in [-0.15, -0.1) is 0 Å². The Bertz CT molecular complexity index is 648. The molecule has 0 spiro atoms. The van der Waals surface area contributed by atoms with Gasteiger partial charge in [-0.25, -0.2) is 0 Å². The molecule has 3 rings (SSSR count). The van der Waals surface area contributed by atoms with Gasteiger partial charge < -0.3 is 20.1 Å². The highest BCUT2D eigenvalue weighted by Gasteiger charge is 2.26. The van der Waals surface area contributed by atoms with Crippen LogP contribution in [-0.4, -0.2) is 23.9 Å². The minimum absolute atomic E-state index is 0.0251. The third kappa shape index (κ3) is 3.49. The summed E-state index contributed by atoms with van der Waals surface area (Å²) >= 11 is 5.34. The summed E-state index contributed by atoms with van der Waals surface area (Å²) in [5, 5.41) is 6.97. The van der Waals surface area contributed by atoms with Crippen LogP contribution in [-0.2, 0) is 0 Å². The Labute approximate surface area is 135 Å². The normalized spacial score (nSPS) is 17.4. The smallest absolute Gasteiger partial charge is 0.171 e. The van der Waals surface area contributed by atoms with Crippen LogP contribution in [0.25, 0.3) is 0 Å². The van der Waals surface area contributed by atoms with Crippen molar-refractivity contribution in [2.45, 2.75) is 19.1 Å². The quantitative estimate of drug-likeness (QED) is 0.852. The number of fused-ring (bicyclic) bond motifs is 1. The molecular formula is C17H18N2O2S. The van der Waals surface area contributed by atoms with Crippen LogP contribution in [0.1, 0.15) is 6.92 Å². The van der Waals surface area contributed by atoms with Gasteiger partial charge in [-0.05, 0) is 43.4 Å². The molecule has 1 heterocycles. The first kappa shape index (κ1) is 14.7. The Morgan fingerprint density at radius 1 is 1.09 bits per heavy atom. The maximum absolute atomic E-state index is 5.97. The molecule has 2 aromatic rings. The van der Waals surface area contributed by atoms with Crippen molar-refractivity contribution in [2.24, 2.45) is 0 Å². The molecule has 0 aliphatic carbocycles. The van der Waals surface area contributed by atoms with E-state index < -0.39 is 0 Å². The van der Waals surface area contributed by atoms with E-state index in [0.717, 1.165) is 17.2 Å². The fraction of sp³-hybridized carbons (Fsp3) is 0.235. The average Bonchev–Trinajstić information content (AvgIpc) is 2.55. The number of rotatable bonds is 3. The fourth-order valence-corrected chi connectivity index (χ4v) is 2.57. The zero-order valence-electron chi connectivity index (χ0n) is 12.3. The van der Waals surface area contributed by atoms with Gasteiger partial charge in [-0.1, -0.05) is 30.3 Å². The molecule has 1 aliphatic rings. The van der Waals surface area contributed by atoms with Crippen LogP contribution in [0.2, 0.25) is 0 Å². The second-order valence-corrected chi connectivity index (χ2v) is 5.58. The van der Waals surface area contributed by atoms with Crippen LogP contribution < -0.4 is 20.1 Å². The Morgan fingerprint density at radius 3 is 2.55 bits per heavy atom. The standard InChI is InChI=1S/C17H18N2O2S/c1-12(18-17(22)19-13-7-3-2-4-8-13)16-11-20-14-9-5-6-10-15(14)21-16/h2-10,12,16H,11H2,1H3,(H2,18,19,22)/t12-,16-/m0/s1. The summed E-state index contributed by atoms with van der Waals surface area (Å²) in [6.45, 7) is 2.53. The van der Waals surface area contributed by atoms with Crippen LogP contribution in [0.4, 0.5) is 5.69 Å². The van der Waals surface area contributed by atoms with Crippen LogP contribution in [0.3, 0.4) is 0 Å². The van der Waals surface area contributed by atoms with Crippen LogP contribution in [0.15, 0.2) is 54.6 Å². The molecule has 0 bridgehead atoms. The average molecular weight is 314 g/mol. The highest BCUT2D eigenvalue weighted by Crippen LogP contribution is 2.31. The van der Waals surface area contributed by atoms with E-state index in [2.05, 4.69) is 10.6 Å². The zero-order valence-corrected chi connectivity index (χ0v) is 13.1. The monoisotopic (exact) mass is 314 g/mol. The van der Waals surface area contributed by atoms with Crippen molar-refractivity contribution in [2.75, 3.05) is 11.9 Å². The van der Waals surface area contributed by atoms with E-state index in [1.54, 1.807) is 0 Å². The molecule has 0 fully saturated rings. The van der Waals surface area contributed by atoms with E-state index >= 15 is 0 Å². The predicted octanol–water partition coefficient (Wildman–Crippen LogP) is 3.20. The highest BCUT2D eigenvalue weighted by molar-refractivity contribution is 7.80. The van der Waals surface area contributed by atoms with Gasteiger partial charge in [0.05, 0.1) is 6.04 Å². The molecule has 5 heteroatoms. The van der Waals surface area contributed by atoms with Gasteiger partial charge in [0.25, 0.3) is 0 Å². The lowest BCUT2D eigenvalue weighted by molar-refractivity contribution is 0.0718. The molecule has 0 unspecified atom stereocenters. The zero-order chi connectivity index (χ0) is 15.4. The minimum Gasteiger partial charge on any atom is -0.486 e. The molecule has 114 valence electrons. The second-order valence-electron chi connectivity index (χ2n) is 5.17. The van der Waals surface area contributed by atoms with Crippen molar-refractivity contribution < 1.29 is 9.47 Å². The molecule has 2 aromatic carbocycles. The molecule has 1 aliphatic heterocycles. The number of benzene rings is 2. The Hall–Kier alpha value is -2.27. The molecule has 0 amide bonds. The molecule has 4 nitrogen and oxygen atoms in total. The lowest BCUT2D eigenvalue weighted by atomic mass is 10.1. The molecular weight excluding hydrogens is 296 g/mol. The summed E-state index contributed by atoms with van der Waals surface area (Å²) in [7, 11) is 0. The topological polar surface area (TPSA) is 42.5 Å². The lowest BCUT2D eigenvalue weighted by Gasteiger charge is -2.31. The number of anilines is 1. The summed E-state index contributed by atoms with van der Waals surface area (Å²) in [6, 6.07) is 17.5. The van der Waals surface area contributed by atoms with Gasteiger partial charge in [0.15, 0.2) is 22.7 Å². The number of ether oxygens (including phenoxy) is 2. The maximum atomic E-state index is 5.97. The number of hydrogen-bond acceptors (Lipinski definition) is 3. The molecule has 22 heavy (non-hydrogen) atoms. The summed E-state index contributed by atoms with van der Waals surface area (Å²) in [5.41, 5.74) is 0.957. The van der Waals surface area contributed by atoms with Crippen molar-refractivity contribution in [1.82, 2.24) is 5.32 Å². The Kier molecular flexibility index (Phi) is 4.44. The number of thiocarbonyl (C=S) groups is 1. The van der Waals surface area contributed by atoms with Gasteiger partial charge in [0.2, 0.25) is 0 Å². The second kappa shape index (κ2) is 6.66. The lowest BCUT2D eigenvalue weighted by Crippen LogP contribution is -2.49. The summed E-state index contributed by atoms with van der Waals surface area (Å²) in [6.07, 6.45) is -0.0922. The van der Waals surface area contributed by atoms with E-state index in [0.29, 0.717) is 11.7 Å². The molecule has 2 atom stereocenters. The first-order chi connectivity index (χ1) is 10.7.